The molecular formula is C12H26Cl2GeN2. The van der Waals surface area contributed by atoms with E-state index in [-0.39, 0.29) is 11.1 Å². The molecule has 0 unspecified atom stereocenters. The molecule has 102 valence electrons. The second kappa shape index (κ2) is 4.55. The molecule has 1 rings (SSSR count). The minimum atomic E-state index is -3.16. The van der Waals surface area contributed by atoms with E-state index in [1.807, 2.05) is 0 Å². The van der Waals surface area contributed by atoms with Gasteiger partial charge < -0.3 is 0 Å². The topological polar surface area (TPSA) is 6.48 Å². The summed E-state index contributed by atoms with van der Waals surface area (Å²) in [5, 5.41) is 0. The van der Waals surface area contributed by atoms with Gasteiger partial charge in [0.1, 0.15) is 0 Å². The summed E-state index contributed by atoms with van der Waals surface area (Å²) in [6.45, 7) is 17.7. The van der Waals surface area contributed by atoms with Gasteiger partial charge in [-0.05, 0) is 0 Å². The number of hydrogen-bond acceptors (Lipinski definition) is 2. The van der Waals surface area contributed by atoms with Crippen LogP contribution < -0.4 is 0 Å². The third kappa shape index (κ3) is 2.81. The van der Waals surface area contributed by atoms with Crippen molar-refractivity contribution in [2.24, 2.45) is 0 Å². The molecule has 0 aliphatic carbocycles. The third-order valence-corrected chi connectivity index (χ3v) is 14.3. The van der Waals surface area contributed by atoms with Crippen LogP contribution in [0.3, 0.4) is 0 Å². The molecule has 0 saturated carbocycles. The van der Waals surface area contributed by atoms with Gasteiger partial charge in [0.25, 0.3) is 0 Å². The first kappa shape index (κ1) is 16.1. The van der Waals surface area contributed by atoms with Crippen molar-refractivity contribution in [2.75, 3.05) is 0 Å². The van der Waals surface area contributed by atoms with Gasteiger partial charge >= 0.3 is 118 Å². The van der Waals surface area contributed by atoms with Gasteiger partial charge in [-0.25, -0.2) is 0 Å². The van der Waals surface area contributed by atoms with Crippen molar-refractivity contribution < 1.29 is 0 Å². The molecule has 2 atom stereocenters. The molecule has 1 heterocycles. The number of hydrogen-bond donors (Lipinski definition) is 0. The molecule has 0 aromatic heterocycles. The molecule has 1 aliphatic rings. The van der Waals surface area contributed by atoms with Crippen molar-refractivity contribution >= 4 is 31.9 Å². The van der Waals surface area contributed by atoms with Crippen molar-refractivity contribution in [1.29, 1.82) is 0 Å². The standard InChI is InChI=1S/C12H26Cl2GeN2/c1-9-10(2)17(12(6,7)8)15(13,14)16(9)11(3,4)5/h9-10H,1-8H3/t9-,10-/m0/s1. The maximum atomic E-state index is 6.86. The fraction of sp³-hybridized carbons (Fsp3) is 1.00. The van der Waals surface area contributed by atoms with Crippen LogP contribution in [0.25, 0.3) is 0 Å². The number of halogens is 2. The fourth-order valence-electron chi connectivity index (χ4n) is 3.07. The van der Waals surface area contributed by atoms with E-state index in [1.165, 1.54) is 0 Å². The van der Waals surface area contributed by atoms with Crippen LogP contribution in [0.5, 0.6) is 0 Å². The van der Waals surface area contributed by atoms with Gasteiger partial charge in [-0.2, -0.15) is 0 Å². The van der Waals surface area contributed by atoms with Crippen LogP contribution in [0.1, 0.15) is 55.4 Å². The third-order valence-electron chi connectivity index (χ3n) is 3.54. The summed E-state index contributed by atoms with van der Waals surface area (Å²) in [5.41, 5.74) is 0.0500. The molecule has 0 N–H and O–H groups in total. The Bertz CT molecular complexity index is 266. The Morgan fingerprint density at radius 1 is 0.765 bits per heavy atom. The van der Waals surface area contributed by atoms with Crippen molar-refractivity contribution in [3.05, 3.63) is 0 Å². The van der Waals surface area contributed by atoms with E-state index >= 15 is 0 Å². The molecule has 1 aliphatic heterocycles. The van der Waals surface area contributed by atoms with E-state index in [9.17, 15) is 0 Å². The Labute approximate surface area is 118 Å². The first-order chi connectivity index (χ1) is 7.31. The van der Waals surface area contributed by atoms with Crippen LogP contribution in [0.2, 0.25) is 0 Å². The van der Waals surface area contributed by atoms with Gasteiger partial charge in [-0.1, -0.05) is 0 Å². The van der Waals surface area contributed by atoms with Gasteiger partial charge in [0, 0.05) is 0 Å². The SMILES string of the molecule is C[C@H]1[C@H](C)[N](C(C)(C)C)[Ge]([Cl])([Cl])[N]1C(C)(C)C. The molecule has 17 heavy (non-hydrogen) atoms. The average Bonchev–Trinajstić information content (AvgIpc) is 2.13. The average molecular weight is 342 g/mol. The molecule has 5 heteroatoms. The van der Waals surface area contributed by atoms with E-state index in [0.717, 1.165) is 0 Å². The molecule has 0 bridgehead atoms. The summed E-state index contributed by atoms with van der Waals surface area (Å²) in [6.07, 6.45) is 0. The van der Waals surface area contributed by atoms with E-state index in [4.69, 9.17) is 20.0 Å². The van der Waals surface area contributed by atoms with Crippen molar-refractivity contribution in [3.8, 4) is 0 Å². The molecular weight excluding hydrogens is 316 g/mol. The van der Waals surface area contributed by atoms with Gasteiger partial charge in [-0.15, -0.1) is 0 Å². The summed E-state index contributed by atoms with van der Waals surface area (Å²) < 4.78 is 4.76. The zero-order chi connectivity index (χ0) is 13.8. The van der Waals surface area contributed by atoms with Gasteiger partial charge in [0.2, 0.25) is 0 Å². The van der Waals surface area contributed by atoms with E-state index in [1.54, 1.807) is 0 Å². The zero-order valence-electron chi connectivity index (χ0n) is 12.3. The van der Waals surface area contributed by atoms with E-state index in [2.05, 4.69) is 63.1 Å². The number of nitrogens with zero attached hydrogens (tertiary/aromatic N) is 2. The van der Waals surface area contributed by atoms with Crippen molar-refractivity contribution in [2.45, 2.75) is 78.6 Å². The molecule has 1 fully saturated rings. The monoisotopic (exact) mass is 342 g/mol. The first-order valence-electron chi connectivity index (χ1n) is 6.28. The predicted octanol–water partition coefficient (Wildman–Crippen LogP) is 3.89. The first-order valence-corrected chi connectivity index (χ1v) is 13.7. The van der Waals surface area contributed by atoms with E-state index < -0.39 is 11.9 Å². The molecule has 0 aromatic carbocycles. The van der Waals surface area contributed by atoms with Gasteiger partial charge in [0.05, 0.1) is 0 Å². The zero-order valence-corrected chi connectivity index (χ0v) is 15.9. The summed E-state index contributed by atoms with van der Waals surface area (Å²) in [7, 11) is 13.7. The molecule has 1 saturated heterocycles. The van der Waals surface area contributed by atoms with Crippen LogP contribution in [0.4, 0.5) is 0 Å². The summed E-state index contributed by atoms with van der Waals surface area (Å²) in [4.78, 5) is 0. The van der Waals surface area contributed by atoms with E-state index in [0.29, 0.717) is 12.1 Å². The van der Waals surface area contributed by atoms with Crippen molar-refractivity contribution in [3.63, 3.8) is 0 Å². The Morgan fingerprint density at radius 2 is 1.00 bits per heavy atom. The minimum absolute atomic E-state index is 0.0250. The fourth-order valence-corrected chi connectivity index (χ4v) is 18.4. The maximum absolute atomic E-state index is 6.86. The molecule has 0 radical (unpaired) electrons. The summed E-state index contributed by atoms with van der Waals surface area (Å²) >= 11 is -3.16. The molecule has 0 aromatic rings. The predicted molar refractivity (Wildman–Crippen MR) is 79.6 cm³/mol. The van der Waals surface area contributed by atoms with Crippen molar-refractivity contribution in [1.82, 2.24) is 7.71 Å². The molecule has 0 amide bonds. The van der Waals surface area contributed by atoms with Crippen LogP contribution in [-0.4, -0.2) is 42.7 Å². The molecule has 0 spiro atoms. The Kier molecular flexibility index (Phi) is 4.31. The Balaban J connectivity index is 3.24. The Hall–Kier alpha value is 1.04. The van der Waals surface area contributed by atoms with Gasteiger partial charge in [0.15, 0.2) is 0 Å². The van der Waals surface area contributed by atoms with Crippen LogP contribution in [0.15, 0.2) is 0 Å². The second-order valence-corrected chi connectivity index (χ2v) is 17.7. The van der Waals surface area contributed by atoms with Crippen LogP contribution in [0, 0.1) is 0 Å². The normalized spacial score (nSPS) is 32.1. The second-order valence-electron chi connectivity index (χ2n) is 7.07. The quantitative estimate of drug-likeness (QED) is 0.617. The summed E-state index contributed by atoms with van der Waals surface area (Å²) in [6, 6.07) is 0.813. The summed E-state index contributed by atoms with van der Waals surface area (Å²) in [5.74, 6) is 0. The molecule has 2 nitrogen and oxygen atoms in total. The van der Waals surface area contributed by atoms with Gasteiger partial charge in [-0.3, -0.25) is 0 Å². The Morgan fingerprint density at radius 3 is 1.12 bits per heavy atom. The van der Waals surface area contributed by atoms with Crippen LogP contribution in [-0.2, 0) is 0 Å². The van der Waals surface area contributed by atoms with Crippen LogP contribution >= 0.6 is 20.0 Å². The number of rotatable bonds is 0.